The first-order valence-electron chi connectivity index (χ1n) is 8.92. The molecule has 0 aromatic heterocycles. The number of halogens is 3. The van der Waals surface area contributed by atoms with Gasteiger partial charge < -0.3 is 4.74 Å². The second-order valence-electron chi connectivity index (χ2n) is 6.70. The molecule has 0 saturated carbocycles. The zero-order chi connectivity index (χ0) is 18.6. The molecule has 4 heteroatoms. The van der Waals surface area contributed by atoms with Crippen LogP contribution in [0, 0.1) is 17.8 Å². The number of hydrogen-bond donors (Lipinski definition) is 0. The number of alkyl halides is 3. The summed E-state index contributed by atoms with van der Waals surface area (Å²) < 4.78 is 40.4. The van der Waals surface area contributed by atoms with Crippen molar-refractivity contribution in [3.05, 3.63) is 64.7 Å². The van der Waals surface area contributed by atoms with Crippen molar-refractivity contribution in [1.29, 1.82) is 0 Å². The predicted octanol–water partition coefficient (Wildman–Crippen LogP) is 5.89. The Balaban J connectivity index is 1.69. The van der Waals surface area contributed by atoms with Crippen molar-refractivity contribution < 1.29 is 17.9 Å². The topological polar surface area (TPSA) is 9.23 Å². The lowest BCUT2D eigenvalue weighted by Gasteiger charge is -2.24. The molecule has 0 heterocycles. The van der Waals surface area contributed by atoms with Crippen LogP contribution >= 0.6 is 0 Å². The summed E-state index contributed by atoms with van der Waals surface area (Å²) in [7, 11) is 0. The highest BCUT2D eigenvalue weighted by Gasteiger charge is 2.30. The van der Waals surface area contributed by atoms with Crippen molar-refractivity contribution in [3.8, 4) is 17.6 Å². The zero-order valence-electron chi connectivity index (χ0n) is 14.7. The molecule has 26 heavy (non-hydrogen) atoms. The molecule has 2 aromatic carbocycles. The van der Waals surface area contributed by atoms with Gasteiger partial charge in [-0.2, -0.15) is 0 Å². The normalized spacial score (nSPS) is 16.4. The highest BCUT2D eigenvalue weighted by atomic mass is 19.4. The van der Waals surface area contributed by atoms with E-state index in [0.717, 1.165) is 24.3 Å². The molecule has 0 amide bonds. The fourth-order valence-electron chi connectivity index (χ4n) is 3.45. The fraction of sp³-hybridized carbons (Fsp3) is 0.364. The summed E-state index contributed by atoms with van der Waals surface area (Å²) in [4.78, 5) is 0. The predicted molar refractivity (Wildman–Crippen MR) is 96.0 cm³/mol. The lowest BCUT2D eigenvalue weighted by molar-refractivity contribution is -0.274. The number of aryl methyl sites for hydroxylation is 1. The highest BCUT2D eigenvalue weighted by molar-refractivity contribution is 5.47. The van der Waals surface area contributed by atoms with Crippen LogP contribution in [0.25, 0.3) is 0 Å². The molecule has 1 atom stereocenters. The Morgan fingerprint density at radius 1 is 1.00 bits per heavy atom. The molecule has 1 unspecified atom stereocenters. The third-order valence-electron chi connectivity index (χ3n) is 4.67. The van der Waals surface area contributed by atoms with Crippen molar-refractivity contribution in [1.82, 2.24) is 0 Å². The molecule has 136 valence electrons. The molecular weight excluding hydrogens is 337 g/mol. The van der Waals surface area contributed by atoms with Crippen LogP contribution in [-0.2, 0) is 12.8 Å². The van der Waals surface area contributed by atoms with Crippen LogP contribution in [0.3, 0.4) is 0 Å². The molecule has 0 fully saturated rings. The Kier molecular flexibility index (Phi) is 5.56. The van der Waals surface area contributed by atoms with Gasteiger partial charge in [0, 0.05) is 11.1 Å². The molecule has 0 spiro atoms. The Morgan fingerprint density at radius 3 is 2.38 bits per heavy atom. The van der Waals surface area contributed by atoms with Crippen LogP contribution in [0.1, 0.15) is 48.4 Å². The number of rotatable bonds is 3. The van der Waals surface area contributed by atoms with E-state index in [4.69, 9.17) is 0 Å². The molecule has 1 aliphatic carbocycles. The lowest BCUT2D eigenvalue weighted by atomic mass is 9.81. The minimum Gasteiger partial charge on any atom is -0.406 e. The molecule has 1 aliphatic rings. The zero-order valence-corrected chi connectivity index (χ0v) is 14.7. The van der Waals surface area contributed by atoms with Gasteiger partial charge in [-0.3, -0.25) is 0 Å². The second-order valence-corrected chi connectivity index (χ2v) is 6.70. The van der Waals surface area contributed by atoms with Crippen LogP contribution in [0.4, 0.5) is 13.2 Å². The number of hydrogen-bond acceptors (Lipinski definition) is 1. The number of fused-ring (bicyclic) bond motifs is 1. The molecule has 0 saturated heterocycles. The molecular formula is C22H21F3O. The van der Waals surface area contributed by atoms with Gasteiger partial charge in [-0.05, 0) is 72.7 Å². The SMILES string of the molecule is CCCC1CCc2cc(C#Cc3ccc(OC(F)(F)F)cc3)ccc2C1. The van der Waals surface area contributed by atoms with E-state index in [0.29, 0.717) is 5.56 Å². The van der Waals surface area contributed by atoms with E-state index in [1.165, 1.54) is 54.7 Å². The Hall–Kier alpha value is -2.41. The summed E-state index contributed by atoms with van der Waals surface area (Å²) in [5.74, 6) is 6.66. The van der Waals surface area contributed by atoms with E-state index in [-0.39, 0.29) is 5.75 Å². The van der Waals surface area contributed by atoms with Gasteiger partial charge in [-0.15, -0.1) is 13.2 Å². The molecule has 0 aliphatic heterocycles. The summed E-state index contributed by atoms with van der Waals surface area (Å²) >= 11 is 0. The van der Waals surface area contributed by atoms with Gasteiger partial charge in [0.1, 0.15) is 5.75 Å². The summed E-state index contributed by atoms with van der Waals surface area (Å²) in [6.45, 7) is 2.23. The monoisotopic (exact) mass is 358 g/mol. The third kappa shape index (κ3) is 5.05. The van der Waals surface area contributed by atoms with E-state index < -0.39 is 6.36 Å². The average Bonchev–Trinajstić information content (AvgIpc) is 2.60. The maximum atomic E-state index is 12.2. The maximum Gasteiger partial charge on any atom is 0.573 e. The lowest BCUT2D eigenvalue weighted by Crippen LogP contribution is -2.16. The van der Waals surface area contributed by atoms with E-state index in [1.807, 2.05) is 6.07 Å². The van der Waals surface area contributed by atoms with Crippen molar-refractivity contribution in [2.75, 3.05) is 0 Å². The minimum atomic E-state index is -4.67. The first-order chi connectivity index (χ1) is 12.4. The fourth-order valence-corrected chi connectivity index (χ4v) is 3.45. The molecule has 1 nitrogen and oxygen atoms in total. The second kappa shape index (κ2) is 7.86. The Morgan fingerprint density at radius 2 is 1.69 bits per heavy atom. The smallest absolute Gasteiger partial charge is 0.406 e. The summed E-state index contributed by atoms with van der Waals surface area (Å²) in [6, 6.07) is 12.0. The van der Waals surface area contributed by atoms with Crippen LogP contribution in [-0.4, -0.2) is 6.36 Å². The van der Waals surface area contributed by atoms with Crippen LogP contribution in [0.5, 0.6) is 5.75 Å². The molecule has 3 rings (SSSR count). The van der Waals surface area contributed by atoms with Crippen molar-refractivity contribution in [2.24, 2.45) is 5.92 Å². The van der Waals surface area contributed by atoms with E-state index in [2.05, 4.69) is 35.6 Å². The van der Waals surface area contributed by atoms with Crippen LogP contribution < -0.4 is 4.74 Å². The Bertz CT molecular complexity index is 810. The Labute approximate surface area is 152 Å². The van der Waals surface area contributed by atoms with Crippen LogP contribution in [0.2, 0.25) is 0 Å². The van der Waals surface area contributed by atoms with Crippen molar-refractivity contribution >= 4 is 0 Å². The molecule has 0 N–H and O–H groups in total. The molecule has 2 aromatic rings. The molecule has 0 radical (unpaired) electrons. The van der Waals surface area contributed by atoms with Gasteiger partial charge in [0.2, 0.25) is 0 Å². The number of ether oxygens (including phenoxy) is 1. The first kappa shape index (κ1) is 18.4. The largest absolute Gasteiger partial charge is 0.573 e. The number of benzene rings is 2. The van der Waals surface area contributed by atoms with E-state index in [1.54, 1.807) is 0 Å². The average molecular weight is 358 g/mol. The van der Waals surface area contributed by atoms with Gasteiger partial charge >= 0.3 is 6.36 Å². The summed E-state index contributed by atoms with van der Waals surface area (Å²) in [6.07, 6.45) is 1.33. The van der Waals surface area contributed by atoms with Gasteiger partial charge in [-0.1, -0.05) is 37.7 Å². The third-order valence-corrected chi connectivity index (χ3v) is 4.67. The van der Waals surface area contributed by atoms with Gasteiger partial charge in [-0.25, -0.2) is 0 Å². The van der Waals surface area contributed by atoms with Gasteiger partial charge in [0.15, 0.2) is 0 Å². The summed E-state index contributed by atoms with van der Waals surface area (Å²) in [5, 5.41) is 0. The highest BCUT2D eigenvalue weighted by Crippen LogP contribution is 2.29. The van der Waals surface area contributed by atoms with Gasteiger partial charge in [0.25, 0.3) is 0 Å². The van der Waals surface area contributed by atoms with Crippen molar-refractivity contribution in [2.45, 2.75) is 45.4 Å². The summed E-state index contributed by atoms with van der Waals surface area (Å²) in [5.41, 5.74) is 4.39. The van der Waals surface area contributed by atoms with Crippen molar-refractivity contribution in [3.63, 3.8) is 0 Å². The molecule has 0 bridgehead atoms. The van der Waals surface area contributed by atoms with E-state index >= 15 is 0 Å². The maximum absolute atomic E-state index is 12.2. The first-order valence-corrected chi connectivity index (χ1v) is 8.92. The van der Waals surface area contributed by atoms with E-state index in [9.17, 15) is 13.2 Å². The minimum absolute atomic E-state index is 0.238. The quantitative estimate of drug-likeness (QED) is 0.622. The van der Waals surface area contributed by atoms with Gasteiger partial charge in [0.05, 0.1) is 0 Å². The standard InChI is InChI=1S/C22H21F3O/c1-2-3-17-6-10-20-15-18(7-11-19(20)14-17)5-4-16-8-12-21(13-9-16)26-22(23,24)25/h7-9,11-13,15,17H,2-3,6,10,14H2,1H3. The van der Waals surface area contributed by atoms with Crippen LogP contribution in [0.15, 0.2) is 42.5 Å².